The molecule has 0 aliphatic carbocycles. The second-order valence-electron chi connectivity index (χ2n) is 5.70. The molecule has 1 fully saturated rings. The van der Waals surface area contributed by atoms with Gasteiger partial charge in [-0.1, -0.05) is 30.3 Å². The van der Waals surface area contributed by atoms with Gasteiger partial charge in [-0.3, -0.25) is 4.90 Å². The Morgan fingerprint density at radius 3 is 2.86 bits per heavy atom. The highest BCUT2D eigenvalue weighted by Gasteiger charge is 2.26. The number of benzene rings is 1. The van der Waals surface area contributed by atoms with Gasteiger partial charge in [-0.2, -0.15) is 11.3 Å². The predicted octanol–water partition coefficient (Wildman–Crippen LogP) is 5.21. The Kier molecular flexibility index (Phi) is 4.06. The molecule has 22 heavy (non-hydrogen) atoms. The van der Waals surface area contributed by atoms with E-state index in [4.69, 9.17) is 4.98 Å². The monoisotopic (exact) mass is 326 g/mol. The average Bonchev–Trinajstić information content (AvgIpc) is 3.30. The second-order valence-corrected chi connectivity index (χ2v) is 7.33. The van der Waals surface area contributed by atoms with Crippen LogP contribution >= 0.6 is 22.7 Å². The van der Waals surface area contributed by atoms with E-state index in [0.29, 0.717) is 6.04 Å². The van der Waals surface area contributed by atoms with E-state index in [1.165, 1.54) is 36.2 Å². The number of hydrogen-bond donors (Lipinski definition) is 0. The molecule has 0 radical (unpaired) electrons. The number of rotatable bonds is 4. The molecule has 2 aromatic heterocycles. The van der Waals surface area contributed by atoms with Gasteiger partial charge in [-0.05, 0) is 36.4 Å². The van der Waals surface area contributed by atoms with Crippen LogP contribution in [0.3, 0.4) is 0 Å². The minimum atomic E-state index is 0.549. The van der Waals surface area contributed by atoms with Gasteiger partial charge in [0, 0.05) is 28.9 Å². The lowest BCUT2D eigenvalue weighted by atomic mass is 10.0. The number of likely N-dealkylation sites (tertiary alicyclic amines) is 1. The number of thiophene rings is 1. The topological polar surface area (TPSA) is 16.1 Å². The first-order valence-corrected chi connectivity index (χ1v) is 9.48. The van der Waals surface area contributed by atoms with Crippen LogP contribution in [0.4, 0.5) is 0 Å². The fourth-order valence-electron chi connectivity index (χ4n) is 3.17. The molecule has 3 heterocycles. The minimum Gasteiger partial charge on any atom is -0.290 e. The van der Waals surface area contributed by atoms with E-state index in [9.17, 15) is 0 Å². The molecule has 0 N–H and O–H groups in total. The molecule has 4 rings (SSSR count). The van der Waals surface area contributed by atoms with Gasteiger partial charge in [-0.15, -0.1) is 11.3 Å². The van der Waals surface area contributed by atoms with E-state index in [1.807, 2.05) is 0 Å². The zero-order valence-corrected chi connectivity index (χ0v) is 13.9. The Balaban J connectivity index is 1.51. The fourth-order valence-corrected chi connectivity index (χ4v) is 4.70. The van der Waals surface area contributed by atoms with Gasteiger partial charge >= 0.3 is 0 Å². The maximum Gasteiger partial charge on any atom is 0.124 e. The molecule has 0 saturated carbocycles. The van der Waals surface area contributed by atoms with Gasteiger partial charge in [0.1, 0.15) is 5.01 Å². The highest BCUT2D eigenvalue weighted by molar-refractivity contribution is 7.14. The molecule has 1 aliphatic rings. The van der Waals surface area contributed by atoms with E-state index in [0.717, 1.165) is 11.6 Å². The van der Waals surface area contributed by atoms with Crippen molar-refractivity contribution in [3.8, 4) is 10.6 Å². The quantitative estimate of drug-likeness (QED) is 0.654. The Morgan fingerprint density at radius 1 is 1.14 bits per heavy atom. The minimum absolute atomic E-state index is 0.549. The predicted molar refractivity (Wildman–Crippen MR) is 94.3 cm³/mol. The molecule has 1 atom stereocenters. The summed E-state index contributed by atoms with van der Waals surface area (Å²) in [6.07, 6.45) is 2.53. The molecule has 3 aromatic rings. The van der Waals surface area contributed by atoms with Crippen LogP contribution in [0, 0.1) is 0 Å². The van der Waals surface area contributed by atoms with Crippen molar-refractivity contribution < 1.29 is 0 Å². The van der Waals surface area contributed by atoms with Crippen LogP contribution in [0.15, 0.2) is 52.5 Å². The molecule has 2 nitrogen and oxygen atoms in total. The summed E-state index contributed by atoms with van der Waals surface area (Å²) in [5.41, 5.74) is 3.89. The molecular formula is C18H18N2S2. The molecule has 112 valence electrons. The van der Waals surface area contributed by atoms with Crippen LogP contribution in [0.1, 0.15) is 30.1 Å². The molecule has 0 spiro atoms. The third-order valence-electron chi connectivity index (χ3n) is 4.23. The molecule has 0 amide bonds. The van der Waals surface area contributed by atoms with Gasteiger partial charge in [0.15, 0.2) is 0 Å². The summed E-state index contributed by atoms with van der Waals surface area (Å²) in [5, 5.41) is 7.65. The Labute approximate surface area is 139 Å². The van der Waals surface area contributed by atoms with E-state index in [1.54, 1.807) is 22.7 Å². The van der Waals surface area contributed by atoms with Crippen molar-refractivity contribution in [3.05, 3.63) is 63.8 Å². The van der Waals surface area contributed by atoms with Crippen LogP contribution in [0.25, 0.3) is 10.6 Å². The van der Waals surface area contributed by atoms with Gasteiger partial charge in [0.05, 0.1) is 5.69 Å². The number of nitrogens with zero attached hydrogens (tertiary/aromatic N) is 2. The third-order valence-corrected chi connectivity index (χ3v) is 5.86. The lowest BCUT2D eigenvalue weighted by Gasteiger charge is -2.23. The zero-order valence-electron chi connectivity index (χ0n) is 12.3. The summed E-state index contributed by atoms with van der Waals surface area (Å²) in [6, 6.07) is 13.6. The van der Waals surface area contributed by atoms with Crippen LogP contribution in [0.5, 0.6) is 0 Å². The Bertz CT molecular complexity index is 719. The van der Waals surface area contributed by atoms with Gasteiger partial charge in [0.2, 0.25) is 0 Å². The van der Waals surface area contributed by atoms with Crippen molar-refractivity contribution in [2.24, 2.45) is 0 Å². The van der Waals surface area contributed by atoms with E-state index >= 15 is 0 Å². The van der Waals surface area contributed by atoms with Crippen molar-refractivity contribution in [2.75, 3.05) is 6.54 Å². The second kappa shape index (κ2) is 6.32. The van der Waals surface area contributed by atoms with Gasteiger partial charge in [0.25, 0.3) is 0 Å². The normalized spacial score (nSPS) is 18.8. The van der Waals surface area contributed by atoms with Crippen LogP contribution in [-0.4, -0.2) is 16.4 Å². The van der Waals surface area contributed by atoms with Gasteiger partial charge in [-0.25, -0.2) is 4.98 Å². The molecule has 1 aromatic carbocycles. The maximum absolute atomic E-state index is 4.83. The van der Waals surface area contributed by atoms with E-state index < -0.39 is 0 Å². The van der Waals surface area contributed by atoms with E-state index in [-0.39, 0.29) is 0 Å². The smallest absolute Gasteiger partial charge is 0.124 e. The van der Waals surface area contributed by atoms with Crippen molar-refractivity contribution in [3.63, 3.8) is 0 Å². The van der Waals surface area contributed by atoms with Crippen molar-refractivity contribution in [2.45, 2.75) is 25.4 Å². The third kappa shape index (κ3) is 2.86. The molecular weight excluding hydrogens is 308 g/mol. The Morgan fingerprint density at radius 2 is 2.05 bits per heavy atom. The summed E-state index contributed by atoms with van der Waals surface area (Å²) in [5.74, 6) is 0. The van der Waals surface area contributed by atoms with Gasteiger partial charge < -0.3 is 0 Å². The molecule has 4 heteroatoms. The summed E-state index contributed by atoms with van der Waals surface area (Å²) < 4.78 is 0. The number of aromatic nitrogens is 1. The standard InChI is InChI=1S/C18H18N2S2/c1-2-5-14(6-3-1)17-7-4-9-20(17)11-16-13-22-18(19-16)15-8-10-21-12-15/h1-3,5-6,8,10,12-13,17H,4,7,9,11H2/t17-/m1/s1. The first-order valence-electron chi connectivity index (χ1n) is 7.66. The van der Waals surface area contributed by atoms with E-state index in [2.05, 4.69) is 57.4 Å². The summed E-state index contributed by atoms with van der Waals surface area (Å²) in [4.78, 5) is 7.40. The number of thiazole rings is 1. The Hall–Kier alpha value is -1.49. The highest BCUT2D eigenvalue weighted by atomic mass is 32.1. The summed E-state index contributed by atoms with van der Waals surface area (Å²) in [7, 11) is 0. The van der Waals surface area contributed by atoms with Crippen LogP contribution < -0.4 is 0 Å². The van der Waals surface area contributed by atoms with Crippen molar-refractivity contribution in [1.82, 2.24) is 9.88 Å². The lowest BCUT2D eigenvalue weighted by molar-refractivity contribution is 0.246. The molecule has 0 unspecified atom stereocenters. The maximum atomic E-state index is 4.83. The lowest BCUT2D eigenvalue weighted by Crippen LogP contribution is -2.22. The van der Waals surface area contributed by atoms with Crippen LogP contribution in [0.2, 0.25) is 0 Å². The first-order chi connectivity index (χ1) is 10.9. The first kappa shape index (κ1) is 14.1. The summed E-state index contributed by atoms with van der Waals surface area (Å²) >= 11 is 3.49. The van der Waals surface area contributed by atoms with Crippen LogP contribution in [-0.2, 0) is 6.54 Å². The fraction of sp³-hybridized carbons (Fsp3) is 0.278. The summed E-state index contributed by atoms with van der Waals surface area (Å²) in [6.45, 7) is 2.13. The molecule has 1 aliphatic heterocycles. The largest absolute Gasteiger partial charge is 0.290 e. The average molecular weight is 326 g/mol. The van der Waals surface area contributed by atoms with Crippen molar-refractivity contribution in [1.29, 1.82) is 0 Å². The number of hydrogen-bond acceptors (Lipinski definition) is 4. The molecule has 0 bridgehead atoms. The SMILES string of the molecule is c1ccc([C@H]2CCCN2Cc2csc(-c3ccsc3)n2)cc1. The molecule has 1 saturated heterocycles. The zero-order chi connectivity index (χ0) is 14.8. The highest BCUT2D eigenvalue weighted by Crippen LogP contribution is 2.34. The van der Waals surface area contributed by atoms with Crippen molar-refractivity contribution >= 4 is 22.7 Å².